The van der Waals surface area contributed by atoms with Crippen LogP contribution < -0.4 is 5.32 Å². The fourth-order valence-electron chi connectivity index (χ4n) is 2.39. The molecule has 0 atom stereocenters. The first kappa shape index (κ1) is 13.0. The van der Waals surface area contributed by atoms with Crippen LogP contribution >= 0.6 is 11.3 Å². The van der Waals surface area contributed by atoms with Crippen LogP contribution in [0.15, 0.2) is 6.20 Å². The van der Waals surface area contributed by atoms with E-state index in [0.717, 1.165) is 18.9 Å². The summed E-state index contributed by atoms with van der Waals surface area (Å²) in [5.41, 5.74) is 0. The molecule has 2 rings (SSSR count). The van der Waals surface area contributed by atoms with E-state index in [1.807, 2.05) is 17.5 Å². The average Bonchev–Trinajstić information content (AvgIpc) is 2.78. The molecular weight excluding hydrogens is 230 g/mol. The van der Waals surface area contributed by atoms with E-state index >= 15 is 0 Å². The van der Waals surface area contributed by atoms with Crippen LogP contribution in [0.1, 0.15) is 29.7 Å². The van der Waals surface area contributed by atoms with Gasteiger partial charge in [-0.3, -0.25) is 4.90 Å². The van der Waals surface area contributed by atoms with Gasteiger partial charge in [-0.25, -0.2) is 4.98 Å². The number of hydrogen-bond donors (Lipinski definition) is 1. The third-order valence-corrected chi connectivity index (χ3v) is 4.51. The molecule has 0 aromatic carbocycles. The molecule has 1 aromatic heterocycles. The maximum Gasteiger partial charge on any atom is 0.107 e. The van der Waals surface area contributed by atoms with E-state index in [1.54, 1.807) is 0 Å². The first-order valence-electron chi connectivity index (χ1n) is 6.60. The normalized spacial score (nSPS) is 17.8. The minimum atomic E-state index is 0.867. The molecule has 1 N–H and O–H groups in total. The molecule has 4 heteroatoms. The van der Waals surface area contributed by atoms with Crippen LogP contribution in [-0.2, 0) is 13.0 Å². The maximum atomic E-state index is 4.48. The van der Waals surface area contributed by atoms with Crippen LogP contribution in [0.3, 0.4) is 0 Å². The maximum absolute atomic E-state index is 4.48. The SMILES string of the molecule is CCc1cnc(CN(C)CC2CCNCC2)s1. The third-order valence-electron chi connectivity index (χ3n) is 3.38. The monoisotopic (exact) mass is 253 g/mol. The molecule has 1 aromatic rings. The lowest BCUT2D eigenvalue weighted by Gasteiger charge is -2.27. The van der Waals surface area contributed by atoms with Gasteiger partial charge >= 0.3 is 0 Å². The second-order valence-corrected chi connectivity index (χ2v) is 6.16. The molecular formula is C13H23N3S. The number of piperidine rings is 1. The molecule has 96 valence electrons. The van der Waals surface area contributed by atoms with E-state index in [0.29, 0.717) is 0 Å². The van der Waals surface area contributed by atoms with Crippen LogP contribution in [0.25, 0.3) is 0 Å². The average molecular weight is 253 g/mol. The number of nitrogens with zero attached hydrogens (tertiary/aromatic N) is 2. The van der Waals surface area contributed by atoms with Gasteiger partial charge in [-0.15, -0.1) is 11.3 Å². The molecule has 0 amide bonds. The van der Waals surface area contributed by atoms with Gasteiger partial charge in [0, 0.05) is 17.6 Å². The van der Waals surface area contributed by atoms with Crippen LogP contribution in [-0.4, -0.2) is 36.6 Å². The molecule has 3 nitrogen and oxygen atoms in total. The van der Waals surface area contributed by atoms with Crippen molar-refractivity contribution in [3.63, 3.8) is 0 Å². The van der Waals surface area contributed by atoms with Gasteiger partial charge in [-0.1, -0.05) is 6.92 Å². The summed E-state index contributed by atoms with van der Waals surface area (Å²) in [4.78, 5) is 8.31. The quantitative estimate of drug-likeness (QED) is 0.871. The lowest BCUT2D eigenvalue weighted by molar-refractivity contribution is 0.234. The zero-order valence-corrected chi connectivity index (χ0v) is 11.7. The summed E-state index contributed by atoms with van der Waals surface area (Å²) in [6.45, 7) is 6.79. The van der Waals surface area contributed by atoms with Gasteiger partial charge in [-0.2, -0.15) is 0 Å². The first-order chi connectivity index (χ1) is 8.28. The lowest BCUT2D eigenvalue weighted by Crippen LogP contribution is -2.34. The van der Waals surface area contributed by atoms with Crippen molar-refractivity contribution in [3.05, 3.63) is 16.1 Å². The topological polar surface area (TPSA) is 28.2 Å². The molecule has 0 radical (unpaired) electrons. The van der Waals surface area contributed by atoms with Crippen molar-refractivity contribution in [1.29, 1.82) is 0 Å². The molecule has 2 heterocycles. The molecule has 1 fully saturated rings. The minimum Gasteiger partial charge on any atom is -0.317 e. The number of hydrogen-bond acceptors (Lipinski definition) is 4. The zero-order chi connectivity index (χ0) is 12.1. The van der Waals surface area contributed by atoms with Crippen LogP contribution in [0.5, 0.6) is 0 Å². The Morgan fingerprint density at radius 1 is 1.47 bits per heavy atom. The van der Waals surface area contributed by atoms with Crippen molar-refractivity contribution in [2.75, 3.05) is 26.7 Å². The van der Waals surface area contributed by atoms with Gasteiger partial charge in [0.1, 0.15) is 5.01 Å². The fourth-order valence-corrected chi connectivity index (χ4v) is 3.33. The fraction of sp³-hybridized carbons (Fsp3) is 0.769. The summed E-state index contributed by atoms with van der Waals surface area (Å²) < 4.78 is 0. The Bertz CT molecular complexity index is 331. The Morgan fingerprint density at radius 2 is 2.24 bits per heavy atom. The summed E-state index contributed by atoms with van der Waals surface area (Å²) in [7, 11) is 2.22. The molecule has 1 aliphatic rings. The molecule has 1 saturated heterocycles. The van der Waals surface area contributed by atoms with E-state index in [-0.39, 0.29) is 0 Å². The molecule has 0 saturated carbocycles. The molecule has 0 bridgehead atoms. The predicted molar refractivity (Wildman–Crippen MR) is 73.4 cm³/mol. The van der Waals surface area contributed by atoms with Crippen molar-refractivity contribution < 1.29 is 0 Å². The Labute approximate surface area is 108 Å². The summed E-state index contributed by atoms with van der Waals surface area (Å²) >= 11 is 1.86. The largest absolute Gasteiger partial charge is 0.317 e. The van der Waals surface area contributed by atoms with Gasteiger partial charge in [0.25, 0.3) is 0 Å². The number of aromatic nitrogens is 1. The van der Waals surface area contributed by atoms with E-state index in [2.05, 4.69) is 29.2 Å². The van der Waals surface area contributed by atoms with Gasteiger partial charge in [0.05, 0.1) is 6.54 Å². The number of nitrogens with one attached hydrogen (secondary N) is 1. The van der Waals surface area contributed by atoms with Crippen molar-refractivity contribution >= 4 is 11.3 Å². The highest BCUT2D eigenvalue weighted by molar-refractivity contribution is 7.11. The number of aryl methyl sites for hydroxylation is 1. The second-order valence-electron chi connectivity index (χ2n) is 4.96. The van der Waals surface area contributed by atoms with Crippen molar-refractivity contribution in [3.8, 4) is 0 Å². The Kier molecular flexibility index (Phi) is 4.95. The second kappa shape index (κ2) is 6.47. The molecule has 0 spiro atoms. The van der Waals surface area contributed by atoms with E-state index < -0.39 is 0 Å². The zero-order valence-electron chi connectivity index (χ0n) is 10.9. The lowest BCUT2D eigenvalue weighted by atomic mass is 9.98. The Hall–Kier alpha value is -0.450. The molecule has 0 aliphatic carbocycles. The summed E-state index contributed by atoms with van der Waals surface area (Å²) in [5, 5.41) is 4.68. The van der Waals surface area contributed by atoms with Crippen molar-refractivity contribution in [2.45, 2.75) is 32.7 Å². The highest BCUT2D eigenvalue weighted by atomic mass is 32.1. The smallest absolute Gasteiger partial charge is 0.107 e. The number of thiazole rings is 1. The molecule has 0 unspecified atom stereocenters. The first-order valence-corrected chi connectivity index (χ1v) is 7.42. The highest BCUT2D eigenvalue weighted by Crippen LogP contribution is 2.17. The summed E-state index contributed by atoms with van der Waals surface area (Å²) in [6.07, 6.45) is 5.78. The van der Waals surface area contributed by atoms with Gasteiger partial charge in [0.2, 0.25) is 0 Å². The van der Waals surface area contributed by atoms with E-state index in [1.165, 1.54) is 42.4 Å². The summed E-state index contributed by atoms with van der Waals surface area (Å²) in [5.74, 6) is 0.867. The van der Waals surface area contributed by atoms with E-state index in [9.17, 15) is 0 Å². The minimum absolute atomic E-state index is 0.867. The predicted octanol–water partition coefficient (Wildman–Crippen LogP) is 2.14. The highest BCUT2D eigenvalue weighted by Gasteiger charge is 2.15. The van der Waals surface area contributed by atoms with Crippen LogP contribution in [0.2, 0.25) is 0 Å². The van der Waals surface area contributed by atoms with Crippen molar-refractivity contribution in [1.82, 2.24) is 15.2 Å². The van der Waals surface area contributed by atoms with Crippen LogP contribution in [0, 0.1) is 5.92 Å². The standard InChI is InChI=1S/C13H23N3S/c1-3-12-8-15-13(17-12)10-16(2)9-11-4-6-14-7-5-11/h8,11,14H,3-7,9-10H2,1-2H3. The third kappa shape index (κ3) is 4.05. The summed E-state index contributed by atoms with van der Waals surface area (Å²) in [6, 6.07) is 0. The Morgan fingerprint density at radius 3 is 2.88 bits per heavy atom. The molecule has 1 aliphatic heterocycles. The van der Waals surface area contributed by atoms with Crippen LogP contribution in [0.4, 0.5) is 0 Å². The van der Waals surface area contributed by atoms with Gasteiger partial charge in [-0.05, 0) is 45.3 Å². The van der Waals surface area contributed by atoms with E-state index in [4.69, 9.17) is 0 Å². The van der Waals surface area contributed by atoms with Crippen molar-refractivity contribution in [2.24, 2.45) is 5.92 Å². The Balaban J connectivity index is 1.77. The number of rotatable bonds is 5. The van der Waals surface area contributed by atoms with Gasteiger partial charge in [0.15, 0.2) is 0 Å². The molecule has 17 heavy (non-hydrogen) atoms. The van der Waals surface area contributed by atoms with Gasteiger partial charge < -0.3 is 5.32 Å².